The summed E-state index contributed by atoms with van der Waals surface area (Å²) >= 11 is 0. The molecule has 0 aliphatic carbocycles. The molecule has 5 heteroatoms. The lowest BCUT2D eigenvalue weighted by molar-refractivity contribution is 0.0696. The second-order valence-electron chi connectivity index (χ2n) is 4.17. The van der Waals surface area contributed by atoms with Crippen LogP contribution in [0.15, 0.2) is 48.5 Å². The van der Waals surface area contributed by atoms with E-state index in [1.54, 1.807) is 36.4 Å². The molecule has 21 heavy (non-hydrogen) atoms. The van der Waals surface area contributed by atoms with Gasteiger partial charge in [-0.3, -0.25) is 0 Å². The van der Waals surface area contributed by atoms with E-state index in [4.69, 9.17) is 19.8 Å². The number of carboxylic acid groups (broad SMARTS) is 1. The zero-order chi connectivity index (χ0) is 15.1. The maximum absolute atomic E-state index is 10.8. The molecule has 2 aromatic carbocycles. The van der Waals surface area contributed by atoms with E-state index in [-0.39, 0.29) is 12.2 Å². The molecule has 0 saturated carbocycles. The normalized spacial score (nSPS) is 9.67. The number of benzene rings is 2. The molecule has 0 aromatic heterocycles. The van der Waals surface area contributed by atoms with Crippen LogP contribution in [-0.4, -0.2) is 24.3 Å². The Balaban J connectivity index is 1.83. The molecule has 2 rings (SSSR count). The van der Waals surface area contributed by atoms with Crippen molar-refractivity contribution in [3.8, 4) is 17.6 Å². The van der Waals surface area contributed by atoms with Crippen LogP contribution in [0.25, 0.3) is 0 Å². The Hall–Kier alpha value is -3.00. The Bertz CT molecular complexity index is 676. The molecule has 2 aromatic rings. The van der Waals surface area contributed by atoms with Crippen LogP contribution < -0.4 is 9.47 Å². The predicted octanol–water partition coefficient (Wildman–Crippen LogP) is 2.71. The van der Waals surface area contributed by atoms with E-state index in [1.165, 1.54) is 12.1 Å². The SMILES string of the molecule is N#Cc1cccc(OCCOc2cccc(C(=O)O)c2)c1. The Morgan fingerprint density at radius 2 is 1.67 bits per heavy atom. The van der Waals surface area contributed by atoms with Gasteiger partial charge >= 0.3 is 5.97 Å². The van der Waals surface area contributed by atoms with Gasteiger partial charge in [0.15, 0.2) is 0 Å². The minimum Gasteiger partial charge on any atom is -0.490 e. The van der Waals surface area contributed by atoms with E-state index in [1.807, 2.05) is 6.07 Å². The smallest absolute Gasteiger partial charge is 0.335 e. The summed E-state index contributed by atoms with van der Waals surface area (Å²) in [5.41, 5.74) is 0.706. The molecule has 0 aliphatic rings. The van der Waals surface area contributed by atoms with Gasteiger partial charge in [-0.05, 0) is 36.4 Å². The molecule has 0 aliphatic heterocycles. The van der Waals surface area contributed by atoms with Crippen LogP contribution in [0.4, 0.5) is 0 Å². The van der Waals surface area contributed by atoms with Crippen molar-refractivity contribution in [2.75, 3.05) is 13.2 Å². The van der Waals surface area contributed by atoms with E-state index in [9.17, 15) is 4.79 Å². The lowest BCUT2D eigenvalue weighted by atomic mass is 10.2. The predicted molar refractivity (Wildman–Crippen MR) is 75.5 cm³/mol. The first kappa shape index (κ1) is 14.4. The number of nitriles is 1. The number of ether oxygens (including phenoxy) is 2. The number of carboxylic acids is 1. The van der Waals surface area contributed by atoms with Crippen LogP contribution in [-0.2, 0) is 0 Å². The highest BCUT2D eigenvalue weighted by Crippen LogP contribution is 2.14. The summed E-state index contributed by atoms with van der Waals surface area (Å²) in [5.74, 6) is 0.0752. The molecule has 5 nitrogen and oxygen atoms in total. The molecule has 0 atom stereocenters. The van der Waals surface area contributed by atoms with E-state index in [0.29, 0.717) is 23.7 Å². The minimum absolute atomic E-state index is 0.176. The molecule has 106 valence electrons. The number of aromatic carboxylic acids is 1. The van der Waals surface area contributed by atoms with Gasteiger partial charge in [0.2, 0.25) is 0 Å². The molecule has 0 heterocycles. The lowest BCUT2D eigenvalue weighted by Crippen LogP contribution is -2.09. The standard InChI is InChI=1S/C16H13NO4/c17-11-12-3-1-5-14(9-12)20-7-8-21-15-6-2-4-13(10-15)16(18)19/h1-6,9-10H,7-8H2,(H,18,19). The highest BCUT2D eigenvalue weighted by atomic mass is 16.5. The minimum atomic E-state index is -0.995. The number of hydrogen-bond acceptors (Lipinski definition) is 4. The van der Waals surface area contributed by atoms with E-state index in [0.717, 1.165) is 0 Å². The third-order valence-corrected chi connectivity index (χ3v) is 2.66. The van der Waals surface area contributed by atoms with E-state index < -0.39 is 5.97 Å². The van der Waals surface area contributed by atoms with Crippen molar-refractivity contribution in [1.29, 1.82) is 5.26 Å². The van der Waals surface area contributed by atoms with Crippen molar-refractivity contribution in [1.82, 2.24) is 0 Å². The largest absolute Gasteiger partial charge is 0.490 e. The highest BCUT2D eigenvalue weighted by molar-refractivity contribution is 5.87. The van der Waals surface area contributed by atoms with Crippen molar-refractivity contribution < 1.29 is 19.4 Å². The number of nitrogens with zero attached hydrogens (tertiary/aromatic N) is 1. The van der Waals surface area contributed by atoms with Gasteiger partial charge in [0.05, 0.1) is 17.2 Å². The summed E-state index contributed by atoms with van der Waals surface area (Å²) in [6.45, 7) is 0.575. The fourth-order valence-electron chi connectivity index (χ4n) is 1.69. The zero-order valence-electron chi connectivity index (χ0n) is 11.2. The van der Waals surface area contributed by atoms with Crippen LogP contribution in [0.3, 0.4) is 0 Å². The van der Waals surface area contributed by atoms with Crippen LogP contribution >= 0.6 is 0 Å². The van der Waals surface area contributed by atoms with Gasteiger partial charge in [-0.2, -0.15) is 5.26 Å². The second kappa shape index (κ2) is 6.96. The van der Waals surface area contributed by atoms with Gasteiger partial charge in [0.1, 0.15) is 24.7 Å². The number of hydrogen-bond donors (Lipinski definition) is 1. The van der Waals surface area contributed by atoms with Crippen molar-refractivity contribution in [2.45, 2.75) is 0 Å². The molecular formula is C16H13NO4. The zero-order valence-corrected chi connectivity index (χ0v) is 11.2. The molecule has 1 N–H and O–H groups in total. The van der Waals surface area contributed by atoms with Gasteiger partial charge in [-0.25, -0.2) is 4.79 Å². The summed E-state index contributed by atoms with van der Waals surface area (Å²) in [6.07, 6.45) is 0. The summed E-state index contributed by atoms with van der Waals surface area (Å²) in [6, 6.07) is 15.1. The van der Waals surface area contributed by atoms with Gasteiger partial charge in [-0.15, -0.1) is 0 Å². The summed E-state index contributed by atoms with van der Waals surface area (Å²) in [7, 11) is 0. The maximum Gasteiger partial charge on any atom is 0.335 e. The lowest BCUT2D eigenvalue weighted by Gasteiger charge is -2.09. The Labute approximate surface area is 122 Å². The van der Waals surface area contributed by atoms with E-state index in [2.05, 4.69) is 0 Å². The molecule has 0 radical (unpaired) electrons. The quantitative estimate of drug-likeness (QED) is 0.824. The Morgan fingerprint density at radius 1 is 1.05 bits per heavy atom. The molecule has 0 unspecified atom stereocenters. The van der Waals surface area contributed by atoms with Crippen molar-refractivity contribution in [2.24, 2.45) is 0 Å². The first-order valence-electron chi connectivity index (χ1n) is 6.28. The Kier molecular flexibility index (Phi) is 4.78. The number of carbonyl (C=O) groups is 1. The van der Waals surface area contributed by atoms with Crippen LogP contribution in [0, 0.1) is 11.3 Å². The van der Waals surface area contributed by atoms with E-state index >= 15 is 0 Å². The van der Waals surface area contributed by atoms with Crippen molar-refractivity contribution in [3.63, 3.8) is 0 Å². The van der Waals surface area contributed by atoms with Crippen molar-refractivity contribution >= 4 is 5.97 Å². The fourth-order valence-corrected chi connectivity index (χ4v) is 1.69. The van der Waals surface area contributed by atoms with Gasteiger partial charge in [0.25, 0.3) is 0 Å². The average Bonchev–Trinajstić information content (AvgIpc) is 2.52. The van der Waals surface area contributed by atoms with Gasteiger partial charge in [0, 0.05) is 0 Å². The highest BCUT2D eigenvalue weighted by Gasteiger charge is 2.03. The summed E-state index contributed by atoms with van der Waals surface area (Å²) < 4.78 is 10.9. The third-order valence-electron chi connectivity index (χ3n) is 2.66. The Morgan fingerprint density at radius 3 is 2.29 bits per heavy atom. The molecular weight excluding hydrogens is 270 g/mol. The van der Waals surface area contributed by atoms with Crippen LogP contribution in [0.5, 0.6) is 11.5 Å². The molecule has 0 amide bonds. The summed E-state index contributed by atoms with van der Waals surface area (Å²) in [4.78, 5) is 10.8. The topological polar surface area (TPSA) is 79.5 Å². The van der Waals surface area contributed by atoms with Gasteiger partial charge < -0.3 is 14.6 Å². The fraction of sp³-hybridized carbons (Fsp3) is 0.125. The van der Waals surface area contributed by atoms with Crippen LogP contribution in [0.2, 0.25) is 0 Å². The first-order valence-corrected chi connectivity index (χ1v) is 6.28. The summed E-state index contributed by atoms with van der Waals surface area (Å²) in [5, 5.41) is 17.6. The molecule has 0 saturated heterocycles. The number of rotatable bonds is 6. The van der Waals surface area contributed by atoms with Crippen molar-refractivity contribution in [3.05, 3.63) is 59.7 Å². The van der Waals surface area contributed by atoms with Crippen LogP contribution in [0.1, 0.15) is 15.9 Å². The molecule has 0 spiro atoms. The molecule has 0 fully saturated rings. The average molecular weight is 283 g/mol. The third kappa shape index (κ3) is 4.25. The maximum atomic E-state index is 10.8. The first-order chi connectivity index (χ1) is 10.2. The second-order valence-corrected chi connectivity index (χ2v) is 4.17. The monoisotopic (exact) mass is 283 g/mol. The van der Waals surface area contributed by atoms with Gasteiger partial charge in [-0.1, -0.05) is 12.1 Å². The molecule has 0 bridgehead atoms.